The average molecular weight is 371 g/mol. The Balaban J connectivity index is 1.91. The van der Waals surface area contributed by atoms with Gasteiger partial charge in [0.2, 0.25) is 10.0 Å². The zero-order valence-electron chi connectivity index (χ0n) is 14.9. The van der Waals surface area contributed by atoms with Crippen LogP contribution < -0.4 is 14.2 Å². The van der Waals surface area contributed by atoms with Crippen molar-refractivity contribution < 1.29 is 17.9 Å². The maximum Gasteiger partial charge on any atom is 0.241 e. The summed E-state index contributed by atoms with van der Waals surface area (Å²) in [6, 6.07) is 17.5. The number of nitrogens with one attached hydrogen (secondary N) is 1. The van der Waals surface area contributed by atoms with E-state index in [1.165, 1.54) is 0 Å². The molecule has 1 N–H and O–H groups in total. The molecule has 0 aliphatic rings. The maximum absolute atomic E-state index is 12.8. The fraction of sp³-hybridized carbons (Fsp3) is 0.200. The van der Waals surface area contributed by atoms with Crippen LogP contribution in [0.1, 0.15) is 18.5 Å². The minimum atomic E-state index is -3.68. The second-order valence-electron chi connectivity index (χ2n) is 5.96. The van der Waals surface area contributed by atoms with E-state index in [1.54, 1.807) is 39.3 Å². The van der Waals surface area contributed by atoms with Crippen molar-refractivity contribution in [3.8, 4) is 11.5 Å². The van der Waals surface area contributed by atoms with Gasteiger partial charge in [0.05, 0.1) is 19.1 Å². The lowest BCUT2D eigenvalue weighted by Gasteiger charge is -2.17. The summed E-state index contributed by atoms with van der Waals surface area (Å²) in [6.07, 6.45) is 0. The van der Waals surface area contributed by atoms with Gasteiger partial charge in [-0.15, -0.1) is 0 Å². The molecule has 136 valence electrons. The van der Waals surface area contributed by atoms with E-state index in [1.807, 2.05) is 42.5 Å². The molecule has 3 rings (SSSR count). The average Bonchev–Trinajstić information content (AvgIpc) is 2.66. The minimum absolute atomic E-state index is 0.219. The van der Waals surface area contributed by atoms with Crippen molar-refractivity contribution in [2.75, 3.05) is 14.2 Å². The third kappa shape index (κ3) is 3.66. The molecule has 0 saturated heterocycles. The van der Waals surface area contributed by atoms with Gasteiger partial charge < -0.3 is 9.47 Å². The smallest absolute Gasteiger partial charge is 0.241 e. The number of fused-ring (bicyclic) bond motifs is 1. The summed E-state index contributed by atoms with van der Waals surface area (Å²) in [4.78, 5) is 0.219. The highest BCUT2D eigenvalue weighted by molar-refractivity contribution is 7.89. The Morgan fingerprint density at radius 2 is 1.58 bits per heavy atom. The van der Waals surface area contributed by atoms with Crippen LogP contribution in [0.5, 0.6) is 11.5 Å². The van der Waals surface area contributed by atoms with E-state index in [9.17, 15) is 8.42 Å². The van der Waals surface area contributed by atoms with Crippen LogP contribution in [-0.4, -0.2) is 22.6 Å². The van der Waals surface area contributed by atoms with Crippen molar-refractivity contribution in [1.82, 2.24) is 4.72 Å². The number of benzene rings is 3. The van der Waals surface area contributed by atoms with Gasteiger partial charge in [-0.05, 0) is 48.0 Å². The van der Waals surface area contributed by atoms with Gasteiger partial charge in [-0.3, -0.25) is 0 Å². The first-order valence-corrected chi connectivity index (χ1v) is 9.66. The summed E-state index contributed by atoms with van der Waals surface area (Å²) >= 11 is 0. The van der Waals surface area contributed by atoms with Crippen molar-refractivity contribution in [3.05, 3.63) is 66.2 Å². The van der Waals surface area contributed by atoms with Gasteiger partial charge in [0.25, 0.3) is 0 Å². The van der Waals surface area contributed by atoms with E-state index < -0.39 is 16.1 Å². The molecule has 0 heterocycles. The Bertz CT molecular complexity index is 1030. The third-order valence-electron chi connectivity index (χ3n) is 4.27. The maximum atomic E-state index is 12.8. The van der Waals surface area contributed by atoms with E-state index in [0.717, 1.165) is 22.1 Å². The fourth-order valence-corrected chi connectivity index (χ4v) is 4.14. The van der Waals surface area contributed by atoms with Crippen LogP contribution >= 0.6 is 0 Å². The first-order valence-electron chi connectivity index (χ1n) is 8.17. The van der Waals surface area contributed by atoms with Crippen molar-refractivity contribution in [2.24, 2.45) is 0 Å². The zero-order chi connectivity index (χ0) is 18.7. The Morgan fingerprint density at radius 1 is 0.885 bits per heavy atom. The molecular formula is C20H21NO4S. The molecule has 0 aromatic heterocycles. The molecule has 1 atom stereocenters. The van der Waals surface area contributed by atoms with Crippen LogP contribution in [0.2, 0.25) is 0 Å². The van der Waals surface area contributed by atoms with Crippen LogP contribution in [0.3, 0.4) is 0 Å². The molecule has 0 amide bonds. The lowest BCUT2D eigenvalue weighted by Crippen LogP contribution is -2.27. The Hall–Kier alpha value is -2.57. The molecule has 26 heavy (non-hydrogen) atoms. The molecule has 5 nitrogen and oxygen atoms in total. The largest absolute Gasteiger partial charge is 0.497 e. The molecule has 0 bridgehead atoms. The normalized spacial score (nSPS) is 12.7. The second kappa shape index (κ2) is 7.35. The minimum Gasteiger partial charge on any atom is -0.497 e. The molecule has 0 aliphatic heterocycles. The number of rotatable bonds is 6. The van der Waals surface area contributed by atoms with Crippen molar-refractivity contribution in [3.63, 3.8) is 0 Å². The van der Waals surface area contributed by atoms with E-state index in [2.05, 4.69) is 4.72 Å². The van der Waals surface area contributed by atoms with Gasteiger partial charge in [-0.2, -0.15) is 0 Å². The monoisotopic (exact) mass is 371 g/mol. The first kappa shape index (κ1) is 18.2. The van der Waals surface area contributed by atoms with Gasteiger partial charge in [0.15, 0.2) is 0 Å². The molecule has 3 aromatic carbocycles. The van der Waals surface area contributed by atoms with Crippen LogP contribution in [0.4, 0.5) is 0 Å². The molecule has 0 fully saturated rings. The summed E-state index contributed by atoms with van der Waals surface area (Å²) in [5.74, 6) is 1.38. The molecule has 0 unspecified atom stereocenters. The number of hydrogen-bond donors (Lipinski definition) is 1. The first-order chi connectivity index (χ1) is 12.4. The van der Waals surface area contributed by atoms with E-state index in [-0.39, 0.29) is 4.90 Å². The highest BCUT2D eigenvalue weighted by Crippen LogP contribution is 2.27. The topological polar surface area (TPSA) is 64.6 Å². The Labute approximate surface area is 153 Å². The van der Waals surface area contributed by atoms with Crippen molar-refractivity contribution in [2.45, 2.75) is 17.9 Å². The summed E-state index contributed by atoms with van der Waals surface area (Å²) in [5, 5.41) is 1.75. The lowest BCUT2D eigenvalue weighted by molar-refractivity contribution is 0.405. The van der Waals surface area contributed by atoms with Gasteiger partial charge in [0, 0.05) is 11.6 Å². The predicted molar refractivity (Wildman–Crippen MR) is 102 cm³/mol. The molecule has 0 aliphatic carbocycles. The van der Waals surface area contributed by atoms with Crippen molar-refractivity contribution in [1.29, 1.82) is 0 Å². The summed E-state index contributed by atoms with van der Waals surface area (Å²) in [7, 11) is -0.509. The SMILES string of the molecule is COc1ccc2cc(S(=O)(=O)N[C@H](C)c3ccccc3OC)ccc2c1. The number of sulfonamides is 1. The zero-order valence-corrected chi connectivity index (χ0v) is 15.7. The second-order valence-corrected chi connectivity index (χ2v) is 7.67. The summed E-state index contributed by atoms with van der Waals surface area (Å²) in [6.45, 7) is 1.79. The number of para-hydroxylation sites is 1. The van der Waals surface area contributed by atoms with Crippen LogP contribution in [0.15, 0.2) is 65.6 Å². The number of hydrogen-bond acceptors (Lipinski definition) is 4. The van der Waals surface area contributed by atoms with Crippen LogP contribution in [0.25, 0.3) is 10.8 Å². The van der Waals surface area contributed by atoms with E-state index >= 15 is 0 Å². The standard InChI is InChI=1S/C20H21NO4S/c1-14(19-6-4-5-7-20(19)25-3)21-26(22,23)18-11-9-15-12-17(24-2)10-8-16(15)13-18/h4-14,21H,1-3H3/t14-/m1/s1. The van der Waals surface area contributed by atoms with Crippen LogP contribution in [0, 0.1) is 0 Å². The summed E-state index contributed by atoms with van der Waals surface area (Å²) < 4.78 is 38.9. The van der Waals surface area contributed by atoms with E-state index in [0.29, 0.717) is 5.75 Å². The fourth-order valence-electron chi connectivity index (χ4n) is 2.88. The molecule has 0 saturated carbocycles. The quantitative estimate of drug-likeness (QED) is 0.714. The molecule has 0 spiro atoms. The van der Waals surface area contributed by atoms with Gasteiger partial charge in [-0.1, -0.05) is 30.3 Å². The Morgan fingerprint density at radius 3 is 2.31 bits per heavy atom. The highest BCUT2D eigenvalue weighted by Gasteiger charge is 2.20. The van der Waals surface area contributed by atoms with E-state index in [4.69, 9.17) is 9.47 Å². The molecule has 6 heteroatoms. The highest BCUT2D eigenvalue weighted by atomic mass is 32.2. The molecular weight excluding hydrogens is 350 g/mol. The van der Waals surface area contributed by atoms with Crippen molar-refractivity contribution >= 4 is 20.8 Å². The van der Waals surface area contributed by atoms with Gasteiger partial charge >= 0.3 is 0 Å². The number of ether oxygens (including phenoxy) is 2. The third-order valence-corrected chi connectivity index (χ3v) is 5.80. The van der Waals surface area contributed by atoms with Gasteiger partial charge in [-0.25, -0.2) is 13.1 Å². The molecule has 0 radical (unpaired) electrons. The Kier molecular flexibility index (Phi) is 5.15. The van der Waals surface area contributed by atoms with Gasteiger partial charge in [0.1, 0.15) is 11.5 Å². The summed E-state index contributed by atoms with van der Waals surface area (Å²) in [5.41, 5.74) is 0.782. The molecule has 3 aromatic rings. The van der Waals surface area contributed by atoms with Crippen LogP contribution in [-0.2, 0) is 10.0 Å². The lowest BCUT2D eigenvalue weighted by atomic mass is 10.1. The number of methoxy groups -OCH3 is 2. The predicted octanol–water partition coefficient (Wildman–Crippen LogP) is 3.90.